The molecule has 4 heterocycles. The van der Waals surface area contributed by atoms with Crippen LogP contribution in [0.15, 0.2) is 45.8 Å². The SMILES string of the molecule is CCN1c2ncc(CCOc3ccc4on(C)c(=O)c4c3)cc2C(=O)Nc2c(C)cc(F)nc21. The molecule has 0 saturated carbocycles. The first-order chi connectivity index (χ1) is 16.4. The molecule has 0 aliphatic carbocycles. The van der Waals surface area contributed by atoms with Crippen molar-refractivity contribution < 1.29 is 18.4 Å². The van der Waals surface area contributed by atoms with Crippen molar-refractivity contribution in [2.24, 2.45) is 7.05 Å². The lowest BCUT2D eigenvalue weighted by Crippen LogP contribution is -2.20. The Balaban J connectivity index is 1.38. The van der Waals surface area contributed by atoms with Crippen molar-refractivity contribution in [1.82, 2.24) is 14.7 Å². The molecule has 3 aromatic heterocycles. The van der Waals surface area contributed by atoms with Crippen molar-refractivity contribution in [2.75, 3.05) is 23.4 Å². The van der Waals surface area contributed by atoms with E-state index in [0.717, 1.165) is 5.56 Å². The molecule has 1 N–H and O–H groups in total. The first-order valence-electron chi connectivity index (χ1n) is 10.8. The van der Waals surface area contributed by atoms with Crippen molar-refractivity contribution in [2.45, 2.75) is 20.3 Å². The van der Waals surface area contributed by atoms with Crippen LogP contribution in [0.4, 0.5) is 21.7 Å². The Kier molecular flexibility index (Phi) is 5.27. The molecule has 0 atom stereocenters. The van der Waals surface area contributed by atoms with Crippen molar-refractivity contribution in [3.05, 3.63) is 69.5 Å². The summed E-state index contributed by atoms with van der Waals surface area (Å²) >= 11 is 0. The lowest BCUT2D eigenvalue weighted by Gasteiger charge is -2.22. The van der Waals surface area contributed by atoms with E-state index in [9.17, 15) is 14.0 Å². The number of benzene rings is 1. The van der Waals surface area contributed by atoms with Gasteiger partial charge in [-0.3, -0.25) is 9.59 Å². The van der Waals surface area contributed by atoms with Crippen molar-refractivity contribution in [3.8, 4) is 5.75 Å². The fourth-order valence-electron chi connectivity index (χ4n) is 4.06. The van der Waals surface area contributed by atoms with E-state index < -0.39 is 5.95 Å². The lowest BCUT2D eigenvalue weighted by atomic mass is 10.1. The van der Waals surface area contributed by atoms with Crippen LogP contribution in [0, 0.1) is 12.9 Å². The van der Waals surface area contributed by atoms with E-state index >= 15 is 0 Å². The number of hydrogen-bond donors (Lipinski definition) is 1. The average molecular weight is 463 g/mol. The number of aromatic nitrogens is 3. The Morgan fingerprint density at radius 2 is 2.00 bits per heavy atom. The fraction of sp³-hybridized carbons (Fsp3) is 0.250. The van der Waals surface area contributed by atoms with Gasteiger partial charge in [-0.1, -0.05) is 0 Å². The zero-order chi connectivity index (χ0) is 24.0. The highest BCUT2D eigenvalue weighted by atomic mass is 19.1. The molecule has 1 amide bonds. The molecule has 0 fully saturated rings. The molecule has 174 valence electrons. The van der Waals surface area contributed by atoms with Crippen molar-refractivity contribution in [3.63, 3.8) is 0 Å². The Morgan fingerprint density at radius 1 is 1.18 bits per heavy atom. The summed E-state index contributed by atoms with van der Waals surface area (Å²) in [4.78, 5) is 35.3. The maximum atomic E-state index is 14.0. The molecule has 1 aliphatic heterocycles. The number of nitrogens with zero attached hydrogens (tertiary/aromatic N) is 4. The largest absolute Gasteiger partial charge is 0.493 e. The molecular weight excluding hydrogens is 441 g/mol. The van der Waals surface area contributed by atoms with E-state index in [1.54, 1.807) is 49.3 Å². The van der Waals surface area contributed by atoms with Crippen LogP contribution < -0.4 is 20.5 Å². The number of aryl methyl sites for hydroxylation is 2. The van der Waals surface area contributed by atoms with Gasteiger partial charge in [0, 0.05) is 26.2 Å². The maximum absolute atomic E-state index is 14.0. The van der Waals surface area contributed by atoms with Crippen LogP contribution in [0.25, 0.3) is 11.0 Å². The van der Waals surface area contributed by atoms with Crippen molar-refractivity contribution >= 4 is 34.2 Å². The Morgan fingerprint density at radius 3 is 2.79 bits per heavy atom. The number of carbonyl (C=O) groups is 1. The molecule has 0 radical (unpaired) electrons. The van der Waals surface area contributed by atoms with Crippen LogP contribution in [0.1, 0.15) is 28.4 Å². The molecule has 4 aromatic rings. The standard InChI is InChI=1S/C24H22FN5O4/c1-4-30-21-17(23(31)28-20-13(2)9-19(25)27-22(20)30)10-14(12-26-21)7-8-33-15-5-6-18-16(11-15)24(32)29(3)34-18/h5-6,9-12H,4,7-8H2,1-3H3,(H,28,31). The van der Waals surface area contributed by atoms with Gasteiger partial charge in [0.2, 0.25) is 5.95 Å². The highest BCUT2D eigenvalue weighted by Crippen LogP contribution is 2.37. The number of nitrogens with one attached hydrogen (secondary N) is 1. The molecule has 10 heteroatoms. The third-order valence-corrected chi connectivity index (χ3v) is 5.76. The highest BCUT2D eigenvalue weighted by Gasteiger charge is 2.28. The molecule has 34 heavy (non-hydrogen) atoms. The second-order valence-electron chi connectivity index (χ2n) is 8.02. The second-order valence-corrected chi connectivity index (χ2v) is 8.02. The molecule has 0 saturated heterocycles. The summed E-state index contributed by atoms with van der Waals surface area (Å²) in [5.41, 5.74) is 2.49. The highest BCUT2D eigenvalue weighted by molar-refractivity contribution is 6.11. The first-order valence-corrected chi connectivity index (χ1v) is 10.8. The topological polar surface area (TPSA) is 102 Å². The van der Waals surface area contributed by atoms with E-state index in [2.05, 4.69) is 15.3 Å². The molecule has 0 spiro atoms. The van der Waals surface area contributed by atoms with E-state index in [0.29, 0.717) is 64.7 Å². The van der Waals surface area contributed by atoms with E-state index in [4.69, 9.17) is 9.26 Å². The summed E-state index contributed by atoms with van der Waals surface area (Å²) in [7, 11) is 1.55. The quantitative estimate of drug-likeness (QED) is 0.450. The number of hydrogen-bond acceptors (Lipinski definition) is 7. The Bertz CT molecular complexity index is 1490. The summed E-state index contributed by atoms with van der Waals surface area (Å²) in [6.07, 6.45) is 2.16. The van der Waals surface area contributed by atoms with E-state index in [1.807, 2.05) is 6.92 Å². The summed E-state index contributed by atoms with van der Waals surface area (Å²) in [6, 6.07) is 8.12. The number of rotatable bonds is 5. The smallest absolute Gasteiger partial charge is 0.290 e. The van der Waals surface area contributed by atoms with Crippen LogP contribution in [0.3, 0.4) is 0 Å². The fourth-order valence-corrected chi connectivity index (χ4v) is 4.06. The number of ether oxygens (including phenoxy) is 1. The zero-order valence-corrected chi connectivity index (χ0v) is 18.9. The summed E-state index contributed by atoms with van der Waals surface area (Å²) in [6.45, 7) is 4.38. The van der Waals surface area contributed by atoms with E-state index in [-0.39, 0.29) is 11.5 Å². The van der Waals surface area contributed by atoms with Gasteiger partial charge in [0.05, 0.1) is 23.2 Å². The summed E-state index contributed by atoms with van der Waals surface area (Å²) < 4.78 is 26.3. The van der Waals surface area contributed by atoms with Gasteiger partial charge in [-0.25, -0.2) is 4.98 Å². The molecule has 0 bridgehead atoms. The third-order valence-electron chi connectivity index (χ3n) is 5.76. The zero-order valence-electron chi connectivity index (χ0n) is 18.9. The van der Waals surface area contributed by atoms with Gasteiger partial charge in [0.15, 0.2) is 11.4 Å². The molecular formula is C24H22FN5O4. The minimum atomic E-state index is -0.618. The van der Waals surface area contributed by atoms with Crippen molar-refractivity contribution in [1.29, 1.82) is 0 Å². The number of fused-ring (bicyclic) bond motifs is 3. The first kappa shape index (κ1) is 21.6. The predicted octanol–water partition coefficient (Wildman–Crippen LogP) is 3.71. The molecule has 1 aromatic carbocycles. The van der Waals surface area contributed by atoms with Gasteiger partial charge in [-0.2, -0.15) is 14.1 Å². The predicted molar refractivity (Wildman–Crippen MR) is 124 cm³/mol. The summed E-state index contributed by atoms with van der Waals surface area (Å²) in [5, 5.41) is 3.30. The maximum Gasteiger partial charge on any atom is 0.290 e. The van der Waals surface area contributed by atoms with Gasteiger partial charge in [-0.15, -0.1) is 0 Å². The average Bonchev–Trinajstić information content (AvgIpc) is 3.03. The Labute approximate surface area is 193 Å². The van der Waals surface area contributed by atoms with Crippen LogP contribution in [0.5, 0.6) is 5.75 Å². The van der Waals surface area contributed by atoms with Crippen LogP contribution in [0.2, 0.25) is 0 Å². The van der Waals surface area contributed by atoms with Gasteiger partial charge in [0.1, 0.15) is 11.6 Å². The number of anilines is 3. The number of amides is 1. The lowest BCUT2D eigenvalue weighted by molar-refractivity contribution is 0.102. The normalized spacial score (nSPS) is 12.8. The van der Waals surface area contributed by atoms with Gasteiger partial charge < -0.3 is 19.5 Å². The van der Waals surface area contributed by atoms with Crippen LogP contribution >= 0.6 is 0 Å². The Hall–Kier alpha value is -4.21. The molecule has 9 nitrogen and oxygen atoms in total. The van der Waals surface area contributed by atoms with Gasteiger partial charge in [0.25, 0.3) is 11.5 Å². The third kappa shape index (κ3) is 3.66. The molecule has 5 rings (SSSR count). The van der Waals surface area contributed by atoms with Crippen LogP contribution in [-0.4, -0.2) is 33.8 Å². The summed E-state index contributed by atoms with van der Waals surface area (Å²) in [5.74, 6) is 0.342. The van der Waals surface area contributed by atoms with E-state index in [1.165, 1.54) is 10.8 Å². The number of halogens is 1. The second kappa shape index (κ2) is 8.29. The molecule has 0 unspecified atom stereocenters. The number of pyridine rings is 2. The minimum Gasteiger partial charge on any atom is -0.493 e. The molecule has 1 aliphatic rings. The van der Waals surface area contributed by atoms with Crippen LogP contribution in [-0.2, 0) is 13.5 Å². The number of carbonyl (C=O) groups excluding carboxylic acids is 1. The minimum absolute atomic E-state index is 0.229. The van der Waals surface area contributed by atoms with Gasteiger partial charge in [-0.05, 0) is 55.3 Å². The monoisotopic (exact) mass is 463 g/mol. The van der Waals surface area contributed by atoms with Gasteiger partial charge >= 0.3 is 0 Å².